The zero-order valence-corrected chi connectivity index (χ0v) is 13.4. The Morgan fingerprint density at radius 2 is 1.88 bits per heavy atom. The van der Waals surface area contributed by atoms with Gasteiger partial charge in [0, 0.05) is 13.1 Å². The van der Waals surface area contributed by atoms with Gasteiger partial charge < -0.3 is 15.3 Å². The van der Waals surface area contributed by atoms with Gasteiger partial charge in [-0.1, -0.05) is 43.3 Å². The Morgan fingerprint density at radius 1 is 1.17 bits per heavy atom. The first-order chi connectivity index (χ1) is 11.5. The van der Waals surface area contributed by atoms with E-state index >= 15 is 0 Å². The summed E-state index contributed by atoms with van der Waals surface area (Å²) in [6.45, 7) is 2.14. The highest BCUT2D eigenvalue weighted by molar-refractivity contribution is 5.89. The van der Waals surface area contributed by atoms with Gasteiger partial charge in [-0.15, -0.1) is 0 Å². The summed E-state index contributed by atoms with van der Waals surface area (Å²) in [6, 6.07) is 12.2. The Kier molecular flexibility index (Phi) is 6.26. The van der Waals surface area contributed by atoms with Crippen LogP contribution in [0, 0.1) is 11.6 Å². The number of urea groups is 1. The largest absolute Gasteiger partial charge is 0.391 e. The summed E-state index contributed by atoms with van der Waals surface area (Å²) in [5.41, 5.74) is 0.639. The van der Waals surface area contributed by atoms with Crippen LogP contribution in [0.3, 0.4) is 0 Å². The Labute approximate surface area is 139 Å². The number of aliphatic hydroxyl groups excluding tert-OH is 1. The number of halogens is 2. The second kappa shape index (κ2) is 8.40. The summed E-state index contributed by atoms with van der Waals surface area (Å²) in [7, 11) is 0. The molecule has 1 unspecified atom stereocenters. The van der Waals surface area contributed by atoms with Gasteiger partial charge in [-0.2, -0.15) is 0 Å². The molecule has 0 saturated heterocycles. The van der Waals surface area contributed by atoms with Gasteiger partial charge in [0.2, 0.25) is 0 Å². The summed E-state index contributed by atoms with van der Waals surface area (Å²) >= 11 is 0. The summed E-state index contributed by atoms with van der Waals surface area (Å²) < 4.78 is 27.0. The van der Waals surface area contributed by atoms with E-state index in [-0.39, 0.29) is 18.8 Å². The van der Waals surface area contributed by atoms with Gasteiger partial charge in [0.1, 0.15) is 0 Å². The van der Waals surface area contributed by atoms with Crippen LogP contribution >= 0.6 is 0 Å². The molecule has 1 atom stereocenters. The molecule has 128 valence electrons. The molecule has 0 fully saturated rings. The number of nitrogens with zero attached hydrogens (tertiary/aromatic N) is 1. The van der Waals surface area contributed by atoms with Crippen molar-refractivity contribution in [1.82, 2.24) is 4.90 Å². The fraction of sp³-hybridized carbons (Fsp3) is 0.278. The first-order valence-electron chi connectivity index (χ1n) is 7.73. The highest BCUT2D eigenvalue weighted by atomic mass is 19.2. The summed E-state index contributed by atoms with van der Waals surface area (Å²) in [5.74, 6) is -2.14. The Hall–Kier alpha value is -2.47. The van der Waals surface area contributed by atoms with E-state index in [0.717, 1.165) is 11.6 Å². The second-order valence-corrected chi connectivity index (χ2v) is 5.46. The molecule has 0 aromatic heterocycles. The highest BCUT2D eigenvalue weighted by Crippen LogP contribution is 2.18. The van der Waals surface area contributed by atoms with Crippen molar-refractivity contribution < 1.29 is 18.7 Å². The Balaban J connectivity index is 2.15. The summed E-state index contributed by atoms with van der Waals surface area (Å²) in [5, 5.41) is 12.2. The number of carbonyl (C=O) groups is 1. The third-order valence-electron chi connectivity index (χ3n) is 3.60. The van der Waals surface area contributed by atoms with Gasteiger partial charge >= 0.3 is 6.03 Å². The molecule has 2 amide bonds. The fourth-order valence-electron chi connectivity index (χ4n) is 2.20. The summed E-state index contributed by atoms with van der Waals surface area (Å²) in [6.07, 6.45) is -0.218. The fourth-order valence-corrected chi connectivity index (χ4v) is 2.20. The zero-order chi connectivity index (χ0) is 17.5. The quantitative estimate of drug-likeness (QED) is 0.845. The van der Waals surface area contributed by atoms with Gasteiger partial charge in [0.15, 0.2) is 11.6 Å². The van der Waals surface area contributed by atoms with Crippen molar-refractivity contribution in [3.63, 3.8) is 0 Å². The molecule has 0 saturated carbocycles. The zero-order valence-electron chi connectivity index (χ0n) is 13.4. The van der Waals surface area contributed by atoms with E-state index in [1.165, 1.54) is 17.0 Å². The maximum absolute atomic E-state index is 13.7. The lowest BCUT2D eigenvalue weighted by molar-refractivity contribution is 0.119. The van der Waals surface area contributed by atoms with Gasteiger partial charge in [-0.25, -0.2) is 13.6 Å². The predicted molar refractivity (Wildman–Crippen MR) is 88.5 cm³/mol. The van der Waals surface area contributed by atoms with Crippen LogP contribution in [0.2, 0.25) is 0 Å². The van der Waals surface area contributed by atoms with E-state index in [9.17, 15) is 18.7 Å². The average molecular weight is 334 g/mol. The van der Waals surface area contributed by atoms with E-state index in [1.807, 2.05) is 30.3 Å². The van der Waals surface area contributed by atoms with Crippen LogP contribution in [-0.4, -0.2) is 28.7 Å². The molecule has 24 heavy (non-hydrogen) atoms. The van der Waals surface area contributed by atoms with E-state index < -0.39 is 23.8 Å². The van der Waals surface area contributed by atoms with Crippen molar-refractivity contribution in [1.29, 1.82) is 0 Å². The standard InChI is InChI=1S/C18H20F2N2O2/c1-2-14(23)12-22(11-13-7-4-3-5-8-13)18(24)21-16-10-6-9-15(19)17(16)20/h3-10,14,23H,2,11-12H2,1H3,(H,21,24). The molecule has 4 nitrogen and oxygen atoms in total. The monoisotopic (exact) mass is 334 g/mol. The van der Waals surface area contributed by atoms with Crippen molar-refractivity contribution in [2.24, 2.45) is 0 Å². The third-order valence-corrected chi connectivity index (χ3v) is 3.60. The topological polar surface area (TPSA) is 52.6 Å². The van der Waals surface area contributed by atoms with Crippen LogP contribution in [0.4, 0.5) is 19.3 Å². The number of aliphatic hydroxyl groups is 1. The molecule has 2 aromatic rings. The van der Waals surface area contributed by atoms with Gasteiger partial charge in [-0.3, -0.25) is 0 Å². The number of hydrogen-bond acceptors (Lipinski definition) is 2. The van der Waals surface area contributed by atoms with E-state index in [4.69, 9.17) is 0 Å². The maximum atomic E-state index is 13.7. The first kappa shape index (κ1) is 17.9. The van der Waals surface area contributed by atoms with Crippen molar-refractivity contribution >= 4 is 11.7 Å². The molecule has 0 heterocycles. The smallest absolute Gasteiger partial charge is 0.322 e. The van der Waals surface area contributed by atoms with Crippen molar-refractivity contribution in [3.8, 4) is 0 Å². The van der Waals surface area contributed by atoms with Gasteiger partial charge in [0.05, 0.1) is 11.8 Å². The van der Waals surface area contributed by atoms with Crippen molar-refractivity contribution in [2.45, 2.75) is 26.0 Å². The lowest BCUT2D eigenvalue weighted by atomic mass is 10.2. The molecular weight excluding hydrogens is 314 g/mol. The normalized spacial score (nSPS) is 11.8. The van der Waals surface area contributed by atoms with E-state index in [2.05, 4.69) is 5.32 Å². The minimum atomic E-state index is -1.11. The van der Waals surface area contributed by atoms with Crippen LogP contribution in [0.5, 0.6) is 0 Å². The van der Waals surface area contributed by atoms with E-state index in [0.29, 0.717) is 6.42 Å². The van der Waals surface area contributed by atoms with Gasteiger partial charge in [0.25, 0.3) is 0 Å². The number of hydrogen-bond donors (Lipinski definition) is 2. The minimum absolute atomic E-state index is 0.0914. The molecular formula is C18H20F2N2O2. The number of nitrogens with one attached hydrogen (secondary N) is 1. The molecule has 0 radical (unpaired) electrons. The number of anilines is 1. The number of benzene rings is 2. The molecule has 0 aliphatic heterocycles. The first-order valence-corrected chi connectivity index (χ1v) is 7.73. The molecule has 6 heteroatoms. The van der Waals surface area contributed by atoms with Crippen LogP contribution in [0.15, 0.2) is 48.5 Å². The lowest BCUT2D eigenvalue weighted by Crippen LogP contribution is -2.39. The van der Waals surface area contributed by atoms with Crippen LogP contribution in [0.25, 0.3) is 0 Å². The molecule has 2 aromatic carbocycles. The predicted octanol–water partition coefficient (Wildman–Crippen LogP) is 3.77. The van der Waals surface area contributed by atoms with Crippen LogP contribution in [-0.2, 0) is 6.54 Å². The minimum Gasteiger partial charge on any atom is -0.391 e. The molecule has 0 spiro atoms. The molecule has 0 bridgehead atoms. The van der Waals surface area contributed by atoms with Crippen molar-refractivity contribution in [2.75, 3.05) is 11.9 Å². The number of amides is 2. The number of carbonyl (C=O) groups excluding carboxylic acids is 1. The maximum Gasteiger partial charge on any atom is 0.322 e. The average Bonchev–Trinajstić information content (AvgIpc) is 2.59. The molecule has 2 N–H and O–H groups in total. The molecule has 0 aliphatic carbocycles. The van der Waals surface area contributed by atoms with Gasteiger partial charge in [-0.05, 0) is 24.1 Å². The van der Waals surface area contributed by atoms with Crippen molar-refractivity contribution in [3.05, 3.63) is 65.7 Å². The van der Waals surface area contributed by atoms with E-state index in [1.54, 1.807) is 6.92 Å². The molecule has 0 aliphatic rings. The Bertz CT molecular complexity index is 680. The molecule has 2 rings (SSSR count). The third kappa shape index (κ3) is 4.76. The Morgan fingerprint density at radius 3 is 2.54 bits per heavy atom. The van der Waals surface area contributed by atoms with Crippen LogP contribution < -0.4 is 5.32 Å². The number of rotatable bonds is 6. The summed E-state index contributed by atoms with van der Waals surface area (Å²) in [4.78, 5) is 13.8. The SMILES string of the molecule is CCC(O)CN(Cc1ccccc1)C(=O)Nc1cccc(F)c1F. The van der Waals surface area contributed by atoms with Crippen LogP contribution in [0.1, 0.15) is 18.9 Å². The lowest BCUT2D eigenvalue weighted by Gasteiger charge is -2.25. The highest BCUT2D eigenvalue weighted by Gasteiger charge is 2.19. The second-order valence-electron chi connectivity index (χ2n) is 5.46.